The number of nitrogens with zero attached hydrogens (tertiary/aromatic N) is 1. The van der Waals surface area contributed by atoms with Gasteiger partial charge in [0.2, 0.25) is 0 Å². The highest BCUT2D eigenvalue weighted by Gasteiger charge is 2.16. The lowest BCUT2D eigenvalue weighted by atomic mass is 10.2. The lowest BCUT2D eigenvalue weighted by Gasteiger charge is -2.20. The van der Waals surface area contributed by atoms with E-state index in [1.165, 1.54) is 0 Å². The van der Waals surface area contributed by atoms with Crippen molar-refractivity contribution in [2.24, 2.45) is 0 Å². The smallest absolute Gasteiger partial charge is 0.255 e. The normalized spacial score (nSPS) is 10.4. The van der Waals surface area contributed by atoms with Crippen molar-refractivity contribution >= 4 is 45.2 Å². The highest BCUT2D eigenvalue weighted by Crippen LogP contribution is 2.24. The monoisotopic (exact) mass is 335 g/mol. The highest BCUT2D eigenvalue weighted by molar-refractivity contribution is 9.09. The number of hydrogen-bond donors (Lipinski definition) is 0. The first-order valence-electron chi connectivity index (χ1n) is 5.32. The lowest BCUT2D eigenvalue weighted by Crippen LogP contribution is -2.32. The average molecular weight is 337 g/mol. The number of alkyl halides is 1. The second kappa shape index (κ2) is 7.29. The molecule has 1 amide bonds. The van der Waals surface area contributed by atoms with E-state index in [9.17, 15) is 4.79 Å². The van der Waals surface area contributed by atoms with Crippen molar-refractivity contribution < 1.29 is 4.79 Å². The molecule has 17 heavy (non-hydrogen) atoms. The van der Waals surface area contributed by atoms with Crippen LogP contribution in [0.2, 0.25) is 5.02 Å². The van der Waals surface area contributed by atoms with Gasteiger partial charge in [-0.2, -0.15) is 0 Å². The van der Waals surface area contributed by atoms with E-state index < -0.39 is 0 Å². The summed E-state index contributed by atoms with van der Waals surface area (Å²) in [7, 11) is 0. The molecule has 5 heteroatoms. The summed E-state index contributed by atoms with van der Waals surface area (Å²) in [5, 5.41) is 1.28. The van der Waals surface area contributed by atoms with Gasteiger partial charge in [-0.3, -0.25) is 4.79 Å². The van der Waals surface area contributed by atoms with E-state index >= 15 is 0 Å². The Morgan fingerprint density at radius 1 is 1.53 bits per heavy atom. The van der Waals surface area contributed by atoms with E-state index in [1.54, 1.807) is 22.7 Å². The number of thioether (sulfide) groups is 1. The number of amides is 1. The summed E-state index contributed by atoms with van der Waals surface area (Å²) in [5.74, 6) is -0.00662. The maximum Gasteiger partial charge on any atom is 0.255 e. The van der Waals surface area contributed by atoms with E-state index in [-0.39, 0.29) is 5.91 Å². The number of benzene rings is 1. The largest absolute Gasteiger partial charge is 0.338 e. The van der Waals surface area contributed by atoms with Crippen molar-refractivity contribution in [3.63, 3.8) is 0 Å². The molecule has 0 aromatic heterocycles. The van der Waals surface area contributed by atoms with Gasteiger partial charge in [-0.05, 0) is 31.4 Å². The molecular formula is C12H15BrClNOS. The molecule has 0 heterocycles. The SMILES string of the molecule is CCN(CCBr)C(=O)c1cc(SC)ccc1Cl. The molecule has 1 aromatic carbocycles. The van der Waals surface area contributed by atoms with Crippen LogP contribution in [0.1, 0.15) is 17.3 Å². The maximum atomic E-state index is 12.3. The molecule has 0 bridgehead atoms. The van der Waals surface area contributed by atoms with Crippen molar-refractivity contribution in [1.29, 1.82) is 0 Å². The van der Waals surface area contributed by atoms with Crippen LogP contribution in [0.4, 0.5) is 0 Å². The summed E-state index contributed by atoms with van der Waals surface area (Å²) in [6.45, 7) is 3.34. The fourth-order valence-corrected chi connectivity index (χ4v) is 2.54. The summed E-state index contributed by atoms with van der Waals surface area (Å²) < 4.78 is 0. The van der Waals surface area contributed by atoms with Gasteiger partial charge in [0.05, 0.1) is 10.6 Å². The summed E-state index contributed by atoms with van der Waals surface area (Å²) >= 11 is 11.0. The summed E-state index contributed by atoms with van der Waals surface area (Å²) in [6.07, 6.45) is 1.98. The summed E-state index contributed by atoms with van der Waals surface area (Å²) in [5.41, 5.74) is 0.585. The van der Waals surface area contributed by atoms with Gasteiger partial charge in [0.15, 0.2) is 0 Å². The predicted octanol–water partition coefficient (Wildman–Crippen LogP) is 3.92. The number of rotatable bonds is 5. The summed E-state index contributed by atoms with van der Waals surface area (Å²) in [4.78, 5) is 15.1. The van der Waals surface area contributed by atoms with Crippen molar-refractivity contribution in [3.05, 3.63) is 28.8 Å². The van der Waals surface area contributed by atoms with Crippen LogP contribution in [0, 0.1) is 0 Å². The molecule has 0 aliphatic heterocycles. The first-order chi connectivity index (χ1) is 8.13. The molecule has 0 aliphatic carbocycles. The Morgan fingerprint density at radius 2 is 2.24 bits per heavy atom. The van der Waals surface area contributed by atoms with Crippen molar-refractivity contribution in [3.8, 4) is 0 Å². The molecule has 0 spiro atoms. The van der Waals surface area contributed by atoms with Crippen LogP contribution in [0.15, 0.2) is 23.1 Å². The summed E-state index contributed by atoms with van der Waals surface area (Å²) in [6, 6.07) is 5.55. The predicted molar refractivity (Wildman–Crippen MR) is 78.6 cm³/mol. The number of carbonyl (C=O) groups excluding carboxylic acids is 1. The fraction of sp³-hybridized carbons (Fsp3) is 0.417. The minimum Gasteiger partial charge on any atom is -0.338 e. The van der Waals surface area contributed by atoms with Crippen molar-refractivity contribution in [2.75, 3.05) is 24.7 Å². The van der Waals surface area contributed by atoms with Gasteiger partial charge in [-0.1, -0.05) is 27.5 Å². The topological polar surface area (TPSA) is 20.3 Å². The zero-order valence-corrected chi connectivity index (χ0v) is 13.0. The van der Waals surface area contributed by atoms with Gasteiger partial charge in [0, 0.05) is 23.3 Å². The van der Waals surface area contributed by atoms with E-state index in [4.69, 9.17) is 11.6 Å². The molecule has 94 valence electrons. The molecule has 0 saturated carbocycles. The first-order valence-corrected chi connectivity index (χ1v) is 8.05. The fourth-order valence-electron chi connectivity index (χ4n) is 1.47. The quantitative estimate of drug-likeness (QED) is 0.600. The minimum absolute atomic E-state index is 0.00662. The Bertz CT molecular complexity index is 400. The Hall–Kier alpha value is -0.190. The number of hydrogen-bond acceptors (Lipinski definition) is 2. The molecule has 0 fully saturated rings. The highest BCUT2D eigenvalue weighted by atomic mass is 79.9. The van der Waals surface area contributed by atoms with Gasteiger partial charge in [-0.25, -0.2) is 0 Å². The van der Waals surface area contributed by atoms with Crippen LogP contribution in [-0.2, 0) is 0 Å². The number of halogens is 2. The van der Waals surface area contributed by atoms with E-state index in [0.717, 1.165) is 10.2 Å². The zero-order valence-electron chi connectivity index (χ0n) is 9.87. The zero-order chi connectivity index (χ0) is 12.8. The second-order valence-corrected chi connectivity index (χ2v) is 5.50. The Morgan fingerprint density at radius 3 is 2.76 bits per heavy atom. The molecule has 0 unspecified atom stereocenters. The van der Waals surface area contributed by atoms with Crippen molar-refractivity contribution in [2.45, 2.75) is 11.8 Å². The molecular weight excluding hydrogens is 322 g/mol. The van der Waals surface area contributed by atoms with Gasteiger partial charge < -0.3 is 4.90 Å². The van der Waals surface area contributed by atoms with Crippen molar-refractivity contribution in [1.82, 2.24) is 4.90 Å². The Kier molecular flexibility index (Phi) is 6.38. The van der Waals surface area contributed by atoms with E-state index in [2.05, 4.69) is 15.9 Å². The van der Waals surface area contributed by atoms with Crippen LogP contribution in [0.25, 0.3) is 0 Å². The molecule has 0 saturated heterocycles. The molecule has 0 N–H and O–H groups in total. The molecule has 0 radical (unpaired) electrons. The molecule has 0 aliphatic rings. The minimum atomic E-state index is -0.00662. The van der Waals surface area contributed by atoms with Gasteiger partial charge in [0.25, 0.3) is 5.91 Å². The lowest BCUT2D eigenvalue weighted by molar-refractivity contribution is 0.0775. The third-order valence-electron chi connectivity index (χ3n) is 2.43. The average Bonchev–Trinajstić information content (AvgIpc) is 2.35. The molecule has 2 nitrogen and oxygen atoms in total. The maximum absolute atomic E-state index is 12.3. The second-order valence-electron chi connectivity index (χ2n) is 3.42. The van der Waals surface area contributed by atoms with Gasteiger partial charge in [-0.15, -0.1) is 11.8 Å². The molecule has 0 atom stereocenters. The molecule has 1 rings (SSSR count). The van der Waals surface area contributed by atoms with Crippen LogP contribution in [-0.4, -0.2) is 35.5 Å². The Labute approximate surface area is 120 Å². The number of carbonyl (C=O) groups is 1. The first kappa shape index (κ1) is 14.9. The third kappa shape index (κ3) is 3.90. The third-order valence-corrected chi connectivity index (χ3v) is 3.84. The standard InChI is InChI=1S/C12H15BrClNOS/c1-3-15(7-6-13)12(16)10-8-9(17-2)4-5-11(10)14/h4-5,8H,3,6-7H2,1-2H3. The van der Waals surface area contributed by atoms with Crippen LogP contribution in [0.3, 0.4) is 0 Å². The molecule has 1 aromatic rings. The van der Waals surface area contributed by atoms with Gasteiger partial charge in [0.1, 0.15) is 0 Å². The van der Waals surface area contributed by atoms with Crippen LogP contribution in [0.5, 0.6) is 0 Å². The Balaban J connectivity index is 3.01. The van der Waals surface area contributed by atoms with Crippen LogP contribution < -0.4 is 0 Å². The van der Waals surface area contributed by atoms with E-state index in [1.807, 2.05) is 25.3 Å². The van der Waals surface area contributed by atoms with Crippen LogP contribution >= 0.6 is 39.3 Å². The van der Waals surface area contributed by atoms with Gasteiger partial charge >= 0.3 is 0 Å². The van der Waals surface area contributed by atoms with E-state index in [0.29, 0.717) is 23.7 Å².